The summed E-state index contributed by atoms with van der Waals surface area (Å²) in [6.45, 7) is 5.65. The van der Waals surface area contributed by atoms with Gasteiger partial charge in [-0.3, -0.25) is 4.79 Å². The van der Waals surface area contributed by atoms with Gasteiger partial charge in [-0.05, 0) is 26.7 Å². The summed E-state index contributed by atoms with van der Waals surface area (Å²) < 4.78 is 0.0391. The molecular formula is C20H38O4S2. The number of aldehydes is 1. The van der Waals surface area contributed by atoms with Crippen LogP contribution in [0.5, 0.6) is 0 Å². The largest absolute Gasteiger partial charge is 0.480 e. The van der Waals surface area contributed by atoms with Crippen molar-refractivity contribution in [3.8, 4) is 0 Å². The molecule has 0 spiro atoms. The maximum absolute atomic E-state index is 11.0. The van der Waals surface area contributed by atoms with Crippen LogP contribution >= 0.6 is 24.0 Å². The van der Waals surface area contributed by atoms with Crippen LogP contribution in [-0.4, -0.2) is 38.0 Å². The van der Waals surface area contributed by atoms with Crippen LogP contribution in [0.3, 0.4) is 0 Å². The Labute approximate surface area is 169 Å². The summed E-state index contributed by atoms with van der Waals surface area (Å²) in [5.74, 6) is -0.794. The summed E-state index contributed by atoms with van der Waals surface area (Å²) in [5.41, 5.74) is 0. The van der Waals surface area contributed by atoms with E-state index in [4.69, 9.17) is 22.4 Å². The number of thioether (sulfide) groups is 1. The topological polar surface area (TPSA) is 74.6 Å². The van der Waals surface area contributed by atoms with E-state index in [9.17, 15) is 9.59 Å². The van der Waals surface area contributed by atoms with Crippen molar-refractivity contribution in [2.75, 3.05) is 6.61 Å². The van der Waals surface area contributed by atoms with Gasteiger partial charge in [-0.2, -0.15) is 0 Å². The molecule has 0 atom stereocenters. The minimum absolute atomic E-state index is 0.0243. The Balaban J connectivity index is 0. The quantitative estimate of drug-likeness (QED) is 0.204. The van der Waals surface area contributed by atoms with Crippen LogP contribution in [0.4, 0.5) is 0 Å². The third-order valence-corrected chi connectivity index (χ3v) is 5.44. The number of aliphatic hydroxyl groups is 1. The first-order chi connectivity index (χ1) is 12.3. The van der Waals surface area contributed by atoms with Crippen LogP contribution in [0, 0.1) is 0 Å². The van der Waals surface area contributed by atoms with Gasteiger partial charge in [0.15, 0.2) is 0 Å². The SMILES string of the molecule is CCCCCCCCCCCCC(=S)SC(C)(C)C(=O)O.O=CCCO. The number of rotatable bonds is 15. The highest BCUT2D eigenvalue weighted by molar-refractivity contribution is 8.24. The molecule has 2 N–H and O–H groups in total. The molecule has 0 unspecified atom stereocenters. The molecule has 0 aliphatic heterocycles. The highest BCUT2D eigenvalue weighted by Crippen LogP contribution is 2.28. The van der Waals surface area contributed by atoms with Gasteiger partial charge in [-0.15, -0.1) is 11.8 Å². The first-order valence-corrected chi connectivity index (χ1v) is 11.0. The van der Waals surface area contributed by atoms with E-state index in [1.54, 1.807) is 13.8 Å². The van der Waals surface area contributed by atoms with E-state index in [0.29, 0.717) is 6.29 Å². The molecular weight excluding hydrogens is 368 g/mol. The van der Waals surface area contributed by atoms with Crippen molar-refractivity contribution in [1.29, 1.82) is 0 Å². The van der Waals surface area contributed by atoms with Crippen molar-refractivity contribution in [1.82, 2.24) is 0 Å². The molecule has 0 aliphatic rings. The zero-order valence-electron chi connectivity index (χ0n) is 16.8. The molecule has 26 heavy (non-hydrogen) atoms. The molecule has 0 bridgehead atoms. The van der Waals surface area contributed by atoms with E-state index in [1.807, 2.05) is 0 Å². The van der Waals surface area contributed by atoms with Gasteiger partial charge in [0.1, 0.15) is 11.0 Å². The Bertz CT molecular complexity index is 371. The number of carboxylic acid groups (broad SMARTS) is 1. The molecule has 0 saturated heterocycles. The second-order valence-corrected chi connectivity index (χ2v) is 9.37. The molecule has 0 aromatic heterocycles. The van der Waals surface area contributed by atoms with Gasteiger partial charge >= 0.3 is 5.97 Å². The zero-order chi connectivity index (χ0) is 20.3. The van der Waals surface area contributed by atoms with Crippen molar-refractivity contribution in [3.63, 3.8) is 0 Å². The summed E-state index contributed by atoms with van der Waals surface area (Å²) in [5, 5.41) is 16.9. The lowest BCUT2D eigenvalue weighted by Gasteiger charge is -2.18. The first-order valence-electron chi connectivity index (χ1n) is 9.81. The minimum Gasteiger partial charge on any atom is -0.480 e. The van der Waals surface area contributed by atoms with Gasteiger partial charge in [-0.25, -0.2) is 0 Å². The van der Waals surface area contributed by atoms with Gasteiger partial charge in [0, 0.05) is 17.2 Å². The molecule has 0 fully saturated rings. The van der Waals surface area contributed by atoms with Crippen molar-refractivity contribution >= 4 is 40.4 Å². The van der Waals surface area contributed by atoms with Crippen LogP contribution in [-0.2, 0) is 9.59 Å². The summed E-state index contributed by atoms with van der Waals surface area (Å²) in [7, 11) is 0. The summed E-state index contributed by atoms with van der Waals surface area (Å²) in [6.07, 6.45) is 14.9. The Kier molecular flexibility index (Phi) is 20.6. The van der Waals surface area contributed by atoms with E-state index >= 15 is 0 Å². The highest BCUT2D eigenvalue weighted by atomic mass is 32.2. The molecule has 0 radical (unpaired) electrons. The fourth-order valence-corrected chi connectivity index (χ4v) is 3.86. The van der Waals surface area contributed by atoms with Crippen molar-refractivity contribution in [2.45, 2.75) is 103 Å². The molecule has 0 aliphatic carbocycles. The van der Waals surface area contributed by atoms with E-state index in [1.165, 1.54) is 69.5 Å². The number of carbonyl (C=O) groups is 2. The maximum atomic E-state index is 11.0. The van der Waals surface area contributed by atoms with Crippen LogP contribution < -0.4 is 0 Å². The molecule has 0 rings (SSSR count). The van der Waals surface area contributed by atoms with E-state index in [2.05, 4.69) is 6.92 Å². The molecule has 0 saturated carbocycles. The van der Waals surface area contributed by atoms with Gasteiger partial charge in [0.05, 0.1) is 0 Å². The summed E-state index contributed by atoms with van der Waals surface area (Å²) >= 11 is 6.60. The van der Waals surface area contributed by atoms with E-state index in [-0.39, 0.29) is 13.0 Å². The normalized spacial score (nSPS) is 10.8. The van der Waals surface area contributed by atoms with Crippen molar-refractivity contribution in [2.24, 2.45) is 0 Å². The number of hydrogen-bond acceptors (Lipinski definition) is 5. The third kappa shape index (κ3) is 19.9. The predicted octanol–water partition coefficient (Wildman–Crippen LogP) is 5.79. The number of unbranched alkanes of at least 4 members (excludes halogenated alkanes) is 9. The monoisotopic (exact) mass is 406 g/mol. The van der Waals surface area contributed by atoms with Crippen LogP contribution in [0.25, 0.3) is 0 Å². The number of thiocarbonyl (C=S) groups is 1. The van der Waals surface area contributed by atoms with E-state index in [0.717, 1.165) is 17.0 Å². The maximum Gasteiger partial charge on any atom is 0.319 e. The first kappa shape index (κ1) is 27.8. The Hall–Kier alpha value is -0.460. The summed E-state index contributed by atoms with van der Waals surface area (Å²) in [4.78, 5) is 20.3. The van der Waals surface area contributed by atoms with Crippen LogP contribution in [0.1, 0.15) is 97.8 Å². The minimum atomic E-state index is -0.796. The molecule has 4 nitrogen and oxygen atoms in total. The number of carbonyl (C=O) groups excluding carboxylic acids is 1. The molecule has 0 heterocycles. The molecule has 0 aromatic rings. The highest BCUT2D eigenvalue weighted by Gasteiger charge is 2.29. The zero-order valence-corrected chi connectivity index (χ0v) is 18.4. The average molecular weight is 407 g/mol. The second kappa shape index (κ2) is 19.3. The standard InChI is InChI=1S/C17H32O2S2.C3H6O2/c1-4-5-6-7-8-9-10-11-12-13-14-15(20)21-17(2,3)16(18)19;4-2-1-3-5/h4-14H2,1-3H3,(H,18,19);2,5H,1,3H2. The lowest BCUT2D eigenvalue weighted by molar-refractivity contribution is -0.138. The van der Waals surface area contributed by atoms with Gasteiger partial charge < -0.3 is 15.0 Å². The van der Waals surface area contributed by atoms with Gasteiger partial charge in [0.25, 0.3) is 0 Å². The van der Waals surface area contributed by atoms with Crippen molar-refractivity contribution in [3.05, 3.63) is 0 Å². The fraction of sp³-hybridized carbons (Fsp3) is 0.850. The Morgan fingerprint density at radius 3 is 1.81 bits per heavy atom. The molecule has 154 valence electrons. The lowest BCUT2D eigenvalue weighted by atomic mass is 10.1. The molecule has 0 aromatic carbocycles. The van der Waals surface area contributed by atoms with Gasteiger partial charge in [0.2, 0.25) is 0 Å². The molecule has 0 amide bonds. The van der Waals surface area contributed by atoms with Crippen LogP contribution in [0.15, 0.2) is 0 Å². The number of aliphatic hydroxyl groups excluding tert-OH is 1. The lowest BCUT2D eigenvalue weighted by Crippen LogP contribution is -2.28. The second-order valence-electron chi connectivity index (χ2n) is 6.90. The van der Waals surface area contributed by atoms with E-state index < -0.39 is 10.7 Å². The molecule has 6 heteroatoms. The number of hydrogen-bond donors (Lipinski definition) is 2. The fourth-order valence-electron chi connectivity index (χ4n) is 2.19. The smallest absolute Gasteiger partial charge is 0.319 e. The van der Waals surface area contributed by atoms with Gasteiger partial charge in [-0.1, -0.05) is 76.9 Å². The summed E-state index contributed by atoms with van der Waals surface area (Å²) in [6, 6.07) is 0. The van der Waals surface area contributed by atoms with Crippen molar-refractivity contribution < 1.29 is 19.8 Å². The number of aliphatic carboxylic acids is 1. The Morgan fingerprint density at radius 2 is 1.46 bits per heavy atom. The number of carboxylic acids is 1. The van der Waals surface area contributed by atoms with Crippen LogP contribution in [0.2, 0.25) is 0 Å². The average Bonchev–Trinajstić information content (AvgIpc) is 2.57. The predicted molar refractivity (Wildman–Crippen MR) is 116 cm³/mol. The Morgan fingerprint density at radius 1 is 1.00 bits per heavy atom. The third-order valence-electron chi connectivity index (χ3n) is 3.87.